The summed E-state index contributed by atoms with van der Waals surface area (Å²) in [4.78, 5) is 0.870. The van der Waals surface area contributed by atoms with Crippen LogP contribution in [0.5, 0.6) is 0 Å². The minimum Gasteiger partial charge on any atom is -0.188 e. The van der Waals surface area contributed by atoms with Crippen LogP contribution in [0.15, 0.2) is 0 Å². The van der Waals surface area contributed by atoms with Crippen LogP contribution in [-0.4, -0.2) is 19.8 Å². The van der Waals surface area contributed by atoms with Gasteiger partial charge in [0.05, 0.1) is 0 Å². The molecule has 0 aliphatic carbocycles. The Balaban J connectivity index is 2.90. The molecule has 2 rings (SSSR count). The Kier molecular flexibility index (Phi) is 1.02. The lowest BCUT2D eigenvalue weighted by Gasteiger charge is -1.79. The van der Waals surface area contributed by atoms with Crippen molar-refractivity contribution in [2.75, 3.05) is 0 Å². The molecule has 0 bridgehead atoms. The van der Waals surface area contributed by atoms with Crippen LogP contribution in [0.2, 0.25) is 0 Å². The molecule has 2 aromatic heterocycles. The highest BCUT2D eigenvalue weighted by Crippen LogP contribution is 2.11. The van der Waals surface area contributed by atoms with Crippen molar-refractivity contribution in [3.05, 3.63) is 10.8 Å². The highest BCUT2D eigenvalue weighted by molar-refractivity contribution is 7.16. The molecule has 5 heteroatoms. The van der Waals surface area contributed by atoms with Crippen LogP contribution >= 0.6 is 11.3 Å². The van der Waals surface area contributed by atoms with E-state index in [0.717, 1.165) is 15.8 Å². The van der Waals surface area contributed by atoms with E-state index in [9.17, 15) is 0 Å². The lowest BCUT2D eigenvalue weighted by molar-refractivity contribution is 0.877. The van der Waals surface area contributed by atoms with Crippen molar-refractivity contribution in [1.82, 2.24) is 19.8 Å². The Morgan fingerprint density at radius 2 is 2.10 bits per heavy atom. The summed E-state index contributed by atoms with van der Waals surface area (Å²) < 4.78 is 1.75. The predicted molar refractivity (Wildman–Crippen MR) is 38.1 cm³/mol. The lowest BCUT2D eigenvalue weighted by Crippen LogP contribution is -1.87. The van der Waals surface area contributed by atoms with Crippen molar-refractivity contribution in [3.63, 3.8) is 0 Å². The average molecular weight is 154 g/mol. The van der Waals surface area contributed by atoms with Crippen molar-refractivity contribution in [3.8, 4) is 0 Å². The molecule has 0 fully saturated rings. The second kappa shape index (κ2) is 1.76. The van der Waals surface area contributed by atoms with Gasteiger partial charge in [-0.1, -0.05) is 11.3 Å². The zero-order valence-corrected chi connectivity index (χ0v) is 6.51. The summed E-state index contributed by atoms with van der Waals surface area (Å²) in [6.07, 6.45) is 0. The zero-order valence-electron chi connectivity index (χ0n) is 5.70. The van der Waals surface area contributed by atoms with E-state index < -0.39 is 0 Å². The maximum atomic E-state index is 4.18. The largest absolute Gasteiger partial charge is 0.234 e. The van der Waals surface area contributed by atoms with Gasteiger partial charge < -0.3 is 0 Å². The molecule has 2 aromatic rings. The molecule has 0 aromatic carbocycles. The first-order valence-corrected chi connectivity index (χ1v) is 3.74. The fourth-order valence-corrected chi connectivity index (χ4v) is 1.54. The van der Waals surface area contributed by atoms with E-state index in [-0.39, 0.29) is 0 Å². The van der Waals surface area contributed by atoms with Crippen LogP contribution in [0.25, 0.3) is 4.96 Å². The Bertz CT molecular complexity index is 360. The monoisotopic (exact) mass is 154 g/mol. The fourth-order valence-electron chi connectivity index (χ4n) is 0.810. The molecule has 52 valence electrons. The van der Waals surface area contributed by atoms with Gasteiger partial charge in [-0.15, -0.1) is 10.2 Å². The van der Waals surface area contributed by atoms with Crippen molar-refractivity contribution < 1.29 is 0 Å². The minimum absolute atomic E-state index is 0.847. The highest BCUT2D eigenvalue weighted by atomic mass is 32.1. The van der Waals surface area contributed by atoms with Gasteiger partial charge in [0.15, 0.2) is 5.82 Å². The Labute approximate surface area is 61.5 Å². The SMILES string of the molecule is Cc1nn2c(C)nnc2s1. The Morgan fingerprint density at radius 3 is 2.80 bits per heavy atom. The quantitative estimate of drug-likeness (QED) is 0.563. The smallest absolute Gasteiger partial charge is 0.188 e. The van der Waals surface area contributed by atoms with E-state index >= 15 is 0 Å². The van der Waals surface area contributed by atoms with Gasteiger partial charge in [-0.25, -0.2) is 0 Å². The number of hydrogen-bond acceptors (Lipinski definition) is 4. The molecule has 2 heterocycles. The van der Waals surface area contributed by atoms with Crippen molar-refractivity contribution in [2.24, 2.45) is 0 Å². The fraction of sp³-hybridized carbons (Fsp3) is 0.400. The molecule has 10 heavy (non-hydrogen) atoms. The summed E-state index contributed by atoms with van der Waals surface area (Å²) in [5.41, 5.74) is 0. The van der Waals surface area contributed by atoms with Gasteiger partial charge in [0.1, 0.15) is 5.01 Å². The maximum absolute atomic E-state index is 4.18. The van der Waals surface area contributed by atoms with Crippen molar-refractivity contribution >= 4 is 16.3 Å². The van der Waals surface area contributed by atoms with Gasteiger partial charge in [-0.2, -0.15) is 9.61 Å². The van der Waals surface area contributed by atoms with E-state index in [0.29, 0.717) is 0 Å². The van der Waals surface area contributed by atoms with E-state index in [2.05, 4.69) is 15.3 Å². The number of aryl methyl sites for hydroxylation is 2. The molecule has 0 amide bonds. The van der Waals surface area contributed by atoms with Gasteiger partial charge in [-0.3, -0.25) is 0 Å². The summed E-state index contributed by atoms with van der Waals surface area (Å²) in [6, 6.07) is 0. The number of nitrogens with zero attached hydrogens (tertiary/aromatic N) is 4. The van der Waals surface area contributed by atoms with Gasteiger partial charge >= 0.3 is 0 Å². The van der Waals surface area contributed by atoms with Crippen LogP contribution in [0, 0.1) is 13.8 Å². The normalized spacial score (nSPS) is 11.0. The van der Waals surface area contributed by atoms with Crippen LogP contribution in [0.4, 0.5) is 0 Å². The topological polar surface area (TPSA) is 43.1 Å². The average Bonchev–Trinajstić information content (AvgIpc) is 2.35. The molecule has 4 nitrogen and oxygen atoms in total. The number of hydrogen-bond donors (Lipinski definition) is 0. The Morgan fingerprint density at radius 1 is 1.30 bits per heavy atom. The van der Waals surface area contributed by atoms with E-state index in [4.69, 9.17) is 0 Å². The highest BCUT2D eigenvalue weighted by Gasteiger charge is 2.03. The van der Waals surface area contributed by atoms with Gasteiger partial charge in [-0.05, 0) is 13.8 Å². The second-order valence-corrected chi connectivity index (χ2v) is 3.22. The molecule has 0 saturated heterocycles. The third-order valence-electron chi connectivity index (χ3n) is 1.25. The van der Waals surface area contributed by atoms with Crippen molar-refractivity contribution in [1.29, 1.82) is 0 Å². The summed E-state index contributed by atoms with van der Waals surface area (Å²) in [7, 11) is 0. The number of fused-ring (bicyclic) bond motifs is 1. The van der Waals surface area contributed by atoms with Crippen LogP contribution in [0.3, 0.4) is 0 Å². The first-order valence-electron chi connectivity index (χ1n) is 2.93. The molecule has 0 saturated carbocycles. The molecule has 0 N–H and O–H groups in total. The summed E-state index contributed by atoms with van der Waals surface area (Å²) in [5.74, 6) is 0.847. The lowest BCUT2D eigenvalue weighted by atomic mass is 10.7. The molecule has 0 unspecified atom stereocenters. The molecule has 0 aliphatic rings. The third-order valence-corrected chi connectivity index (χ3v) is 2.06. The third kappa shape index (κ3) is 0.637. The number of aromatic nitrogens is 4. The van der Waals surface area contributed by atoms with E-state index in [1.165, 1.54) is 0 Å². The molecular formula is C5H6N4S. The van der Waals surface area contributed by atoms with Gasteiger partial charge in [0.25, 0.3) is 0 Å². The van der Waals surface area contributed by atoms with Crippen molar-refractivity contribution in [2.45, 2.75) is 13.8 Å². The molecule has 0 atom stereocenters. The summed E-state index contributed by atoms with van der Waals surface area (Å²) in [5, 5.41) is 13.0. The Hall–Kier alpha value is -0.970. The summed E-state index contributed by atoms with van der Waals surface area (Å²) in [6.45, 7) is 3.85. The van der Waals surface area contributed by atoms with Crippen LogP contribution in [0.1, 0.15) is 10.8 Å². The van der Waals surface area contributed by atoms with Crippen LogP contribution < -0.4 is 0 Å². The molecule has 0 spiro atoms. The van der Waals surface area contributed by atoms with Crippen LogP contribution in [-0.2, 0) is 0 Å². The van der Waals surface area contributed by atoms with E-state index in [1.54, 1.807) is 15.9 Å². The number of rotatable bonds is 0. The first-order chi connectivity index (χ1) is 4.77. The molecule has 0 radical (unpaired) electrons. The van der Waals surface area contributed by atoms with E-state index in [1.807, 2.05) is 13.8 Å². The first kappa shape index (κ1) is 5.79. The zero-order chi connectivity index (χ0) is 7.14. The maximum Gasteiger partial charge on any atom is 0.234 e. The van der Waals surface area contributed by atoms with Gasteiger partial charge in [0.2, 0.25) is 4.96 Å². The predicted octanol–water partition coefficient (Wildman–Crippen LogP) is 0.803. The molecule has 0 aliphatic heterocycles. The van der Waals surface area contributed by atoms with Gasteiger partial charge in [0, 0.05) is 0 Å². The second-order valence-electron chi connectivity index (χ2n) is 2.06. The minimum atomic E-state index is 0.847. The summed E-state index contributed by atoms with van der Waals surface area (Å²) >= 11 is 1.55. The molecular weight excluding hydrogens is 148 g/mol. The standard InChI is InChI=1S/C5H6N4S/c1-3-6-7-5-9(3)8-4(2)10-5/h1-2H3.